The first-order valence-electron chi connectivity index (χ1n) is 9.30. The Morgan fingerprint density at radius 2 is 1.67 bits per heavy atom. The quantitative estimate of drug-likeness (QED) is 0.776. The summed E-state index contributed by atoms with van der Waals surface area (Å²) in [5, 5.41) is 7.90. The summed E-state index contributed by atoms with van der Waals surface area (Å²) in [5.41, 5.74) is 1.81. The number of rotatable bonds is 4. The molecular weight excluding hydrogens is 338 g/mol. The fourth-order valence-corrected chi connectivity index (χ4v) is 3.44. The van der Waals surface area contributed by atoms with Gasteiger partial charge in [0.05, 0.1) is 5.69 Å². The third-order valence-electron chi connectivity index (χ3n) is 5.01. The van der Waals surface area contributed by atoms with Crippen molar-refractivity contribution in [1.29, 1.82) is 0 Å². The molecule has 1 fully saturated rings. The first-order chi connectivity index (χ1) is 13.2. The normalized spacial score (nSPS) is 14.9. The van der Waals surface area contributed by atoms with Gasteiger partial charge < -0.3 is 10.2 Å². The number of nitrogens with one attached hydrogen (secondary N) is 1. The van der Waals surface area contributed by atoms with Gasteiger partial charge in [0.15, 0.2) is 5.82 Å². The van der Waals surface area contributed by atoms with Crippen molar-refractivity contribution >= 4 is 5.91 Å². The Labute approximate surface area is 158 Å². The molecule has 0 spiro atoms. The van der Waals surface area contributed by atoms with E-state index >= 15 is 0 Å². The Morgan fingerprint density at radius 1 is 1.04 bits per heavy atom. The minimum Gasteiger partial charge on any atom is -0.336 e. The molecule has 2 heterocycles. The van der Waals surface area contributed by atoms with E-state index in [-0.39, 0.29) is 17.8 Å². The highest BCUT2D eigenvalue weighted by Crippen LogP contribution is 2.22. The van der Waals surface area contributed by atoms with E-state index in [9.17, 15) is 4.79 Å². The zero-order valence-electron chi connectivity index (χ0n) is 15.4. The van der Waals surface area contributed by atoms with Gasteiger partial charge in [-0.25, -0.2) is 9.67 Å². The van der Waals surface area contributed by atoms with Crippen LogP contribution in [0, 0.1) is 0 Å². The van der Waals surface area contributed by atoms with E-state index in [0.717, 1.165) is 37.2 Å². The lowest BCUT2D eigenvalue weighted by Crippen LogP contribution is -2.44. The first kappa shape index (κ1) is 17.4. The molecule has 0 bridgehead atoms. The van der Waals surface area contributed by atoms with Gasteiger partial charge in [0.2, 0.25) is 5.82 Å². The number of carbonyl (C=O) groups is 1. The molecule has 1 N–H and O–H groups in total. The van der Waals surface area contributed by atoms with Gasteiger partial charge in [0.25, 0.3) is 5.91 Å². The molecule has 6 heteroatoms. The van der Waals surface area contributed by atoms with E-state index < -0.39 is 0 Å². The molecule has 0 unspecified atom stereocenters. The van der Waals surface area contributed by atoms with E-state index in [0.29, 0.717) is 5.82 Å². The number of carbonyl (C=O) groups excluding carboxylic acids is 1. The molecule has 4 rings (SSSR count). The van der Waals surface area contributed by atoms with Crippen LogP contribution in [0.1, 0.15) is 23.5 Å². The molecule has 1 amide bonds. The highest BCUT2D eigenvalue weighted by molar-refractivity contribution is 5.91. The highest BCUT2D eigenvalue weighted by Gasteiger charge is 2.27. The lowest BCUT2D eigenvalue weighted by molar-refractivity contribution is 0.0691. The van der Waals surface area contributed by atoms with Crippen LogP contribution in [0.25, 0.3) is 17.1 Å². The molecule has 0 radical (unpaired) electrons. The van der Waals surface area contributed by atoms with Crippen molar-refractivity contribution in [2.75, 3.05) is 20.1 Å². The molecule has 1 aliphatic rings. The van der Waals surface area contributed by atoms with Gasteiger partial charge in [-0.2, -0.15) is 0 Å². The Bertz CT molecular complexity index is 844. The molecule has 1 saturated heterocycles. The molecule has 1 aromatic heterocycles. The number of aromatic nitrogens is 3. The Balaban J connectivity index is 1.72. The van der Waals surface area contributed by atoms with Gasteiger partial charge in [-0.05, 0) is 38.1 Å². The second-order valence-electron chi connectivity index (χ2n) is 6.77. The fourth-order valence-electron chi connectivity index (χ4n) is 3.44. The number of hydrogen-bond acceptors (Lipinski definition) is 4. The summed E-state index contributed by atoms with van der Waals surface area (Å²) in [4.78, 5) is 19.4. The molecule has 138 valence electrons. The molecule has 0 aliphatic carbocycles. The van der Waals surface area contributed by atoms with Crippen LogP contribution < -0.4 is 5.32 Å². The molecule has 2 aromatic carbocycles. The van der Waals surface area contributed by atoms with Crippen molar-refractivity contribution in [3.63, 3.8) is 0 Å². The van der Waals surface area contributed by atoms with Crippen molar-refractivity contribution in [2.45, 2.75) is 18.9 Å². The van der Waals surface area contributed by atoms with Crippen LogP contribution in [0.4, 0.5) is 0 Å². The molecule has 3 aromatic rings. The van der Waals surface area contributed by atoms with Crippen molar-refractivity contribution in [2.24, 2.45) is 0 Å². The maximum absolute atomic E-state index is 13.0. The smallest absolute Gasteiger partial charge is 0.293 e. The monoisotopic (exact) mass is 361 g/mol. The minimum absolute atomic E-state index is 0.131. The van der Waals surface area contributed by atoms with E-state index in [1.165, 1.54) is 0 Å². The van der Waals surface area contributed by atoms with Crippen LogP contribution in [-0.4, -0.2) is 51.8 Å². The average molecular weight is 361 g/mol. The zero-order chi connectivity index (χ0) is 18.6. The lowest BCUT2D eigenvalue weighted by Gasteiger charge is -2.30. The van der Waals surface area contributed by atoms with E-state index in [1.807, 2.05) is 67.7 Å². The maximum Gasteiger partial charge on any atom is 0.293 e. The summed E-state index contributed by atoms with van der Waals surface area (Å²) in [7, 11) is 1.85. The summed E-state index contributed by atoms with van der Waals surface area (Å²) in [6.07, 6.45) is 1.90. The summed E-state index contributed by atoms with van der Waals surface area (Å²) < 4.78 is 1.75. The largest absolute Gasteiger partial charge is 0.336 e. The van der Waals surface area contributed by atoms with Crippen LogP contribution in [-0.2, 0) is 0 Å². The zero-order valence-corrected chi connectivity index (χ0v) is 15.4. The molecule has 6 nitrogen and oxygen atoms in total. The van der Waals surface area contributed by atoms with E-state index in [2.05, 4.69) is 15.4 Å². The number of para-hydroxylation sites is 1. The van der Waals surface area contributed by atoms with Crippen LogP contribution in [0.2, 0.25) is 0 Å². The van der Waals surface area contributed by atoms with Gasteiger partial charge in [0, 0.05) is 18.7 Å². The third-order valence-corrected chi connectivity index (χ3v) is 5.01. The summed E-state index contributed by atoms with van der Waals surface area (Å²) in [6.45, 7) is 1.87. The number of benzene rings is 2. The predicted molar refractivity (Wildman–Crippen MR) is 105 cm³/mol. The molecular formula is C21H23N5O. The molecule has 1 aliphatic heterocycles. The van der Waals surface area contributed by atoms with Gasteiger partial charge >= 0.3 is 0 Å². The van der Waals surface area contributed by atoms with Crippen LogP contribution in [0.3, 0.4) is 0 Å². The van der Waals surface area contributed by atoms with Gasteiger partial charge in [-0.1, -0.05) is 48.5 Å². The number of amides is 1. The average Bonchev–Trinajstić information content (AvgIpc) is 3.20. The maximum atomic E-state index is 13.0. The van der Waals surface area contributed by atoms with Gasteiger partial charge in [-0.15, -0.1) is 5.10 Å². The number of hydrogen-bond donors (Lipinski definition) is 1. The standard InChI is InChI=1S/C21H23N5O/c1-25(17-12-14-22-15-13-17)21(27)19-23-20(16-8-4-2-5-9-16)26(24-19)18-10-6-3-7-11-18/h2-11,17,22H,12-15H2,1H3. The topological polar surface area (TPSA) is 63.1 Å². The van der Waals surface area contributed by atoms with Gasteiger partial charge in [-0.3, -0.25) is 4.79 Å². The molecule has 0 atom stereocenters. The molecule has 27 heavy (non-hydrogen) atoms. The van der Waals surface area contributed by atoms with Crippen LogP contribution in [0.15, 0.2) is 60.7 Å². The van der Waals surface area contributed by atoms with Crippen molar-refractivity contribution < 1.29 is 4.79 Å². The molecule has 0 saturated carbocycles. The highest BCUT2D eigenvalue weighted by atomic mass is 16.2. The van der Waals surface area contributed by atoms with Crippen molar-refractivity contribution in [3.8, 4) is 17.1 Å². The Kier molecular flexibility index (Phi) is 4.98. The van der Waals surface area contributed by atoms with E-state index in [4.69, 9.17) is 0 Å². The minimum atomic E-state index is -0.131. The Morgan fingerprint density at radius 3 is 2.33 bits per heavy atom. The Hall–Kier alpha value is -2.99. The SMILES string of the molecule is CN(C(=O)c1nc(-c2ccccc2)n(-c2ccccc2)n1)C1CCNCC1. The lowest BCUT2D eigenvalue weighted by atomic mass is 10.1. The van der Waals surface area contributed by atoms with Crippen LogP contribution >= 0.6 is 0 Å². The summed E-state index contributed by atoms with van der Waals surface area (Å²) in [6, 6.07) is 19.9. The fraction of sp³-hybridized carbons (Fsp3) is 0.286. The van der Waals surface area contributed by atoms with Crippen LogP contribution in [0.5, 0.6) is 0 Å². The van der Waals surface area contributed by atoms with Crippen molar-refractivity contribution in [1.82, 2.24) is 25.0 Å². The summed E-state index contributed by atoms with van der Waals surface area (Å²) in [5.74, 6) is 0.774. The second-order valence-corrected chi connectivity index (χ2v) is 6.77. The predicted octanol–water partition coefficient (Wildman–Crippen LogP) is 2.76. The number of piperidine rings is 1. The first-order valence-corrected chi connectivity index (χ1v) is 9.30. The van der Waals surface area contributed by atoms with Crippen molar-refractivity contribution in [3.05, 3.63) is 66.5 Å². The third kappa shape index (κ3) is 3.61. The second kappa shape index (κ2) is 7.72. The van der Waals surface area contributed by atoms with E-state index in [1.54, 1.807) is 9.58 Å². The summed E-state index contributed by atoms with van der Waals surface area (Å²) >= 11 is 0. The number of nitrogens with zero attached hydrogens (tertiary/aromatic N) is 4. The van der Waals surface area contributed by atoms with Gasteiger partial charge in [0.1, 0.15) is 0 Å².